The Morgan fingerprint density at radius 3 is 2.24 bits per heavy atom. The van der Waals surface area contributed by atoms with Crippen molar-refractivity contribution in [3.05, 3.63) is 60.2 Å². The Labute approximate surface area is 124 Å². The maximum Gasteiger partial charge on any atom is 0.169 e. The molecule has 3 rings (SSSR count). The second kappa shape index (κ2) is 5.49. The smallest absolute Gasteiger partial charge is 0.169 e. The number of ether oxygens (including phenoxy) is 2. The average Bonchev–Trinajstić information content (AvgIpc) is 2.55. The predicted molar refractivity (Wildman–Crippen MR) is 87.2 cm³/mol. The molecule has 2 heteroatoms. The first-order valence-electron chi connectivity index (χ1n) is 6.96. The highest BCUT2D eigenvalue weighted by Crippen LogP contribution is 2.42. The van der Waals surface area contributed by atoms with Gasteiger partial charge in [0.1, 0.15) is 0 Å². The predicted octanol–water partition coefficient (Wildman–Crippen LogP) is 4.83. The summed E-state index contributed by atoms with van der Waals surface area (Å²) in [7, 11) is 3.36. The molecule has 0 heterocycles. The number of methoxy groups -OCH3 is 2. The SMILES string of the molecule is COc1cc(C)c2cccc(-c3ccccc3)c2c1OC. The van der Waals surface area contributed by atoms with Crippen LogP contribution in [0.2, 0.25) is 0 Å². The van der Waals surface area contributed by atoms with Gasteiger partial charge in [0.25, 0.3) is 0 Å². The Hall–Kier alpha value is -2.48. The molecule has 0 aliphatic carbocycles. The van der Waals surface area contributed by atoms with E-state index in [1.165, 1.54) is 16.5 Å². The van der Waals surface area contributed by atoms with Crippen LogP contribution in [-0.2, 0) is 0 Å². The molecule has 106 valence electrons. The summed E-state index contributed by atoms with van der Waals surface area (Å²) in [5.41, 5.74) is 3.52. The summed E-state index contributed by atoms with van der Waals surface area (Å²) >= 11 is 0. The van der Waals surface area contributed by atoms with Crippen LogP contribution in [0.5, 0.6) is 11.5 Å². The van der Waals surface area contributed by atoms with Crippen LogP contribution < -0.4 is 9.47 Å². The number of aryl methyl sites for hydroxylation is 1. The van der Waals surface area contributed by atoms with Crippen molar-refractivity contribution in [2.75, 3.05) is 14.2 Å². The molecular formula is C19H18O2. The van der Waals surface area contributed by atoms with Gasteiger partial charge in [-0.1, -0.05) is 48.5 Å². The minimum Gasteiger partial charge on any atom is -0.493 e. The first-order chi connectivity index (χ1) is 10.3. The standard InChI is InChI=1S/C19H18O2/c1-13-12-17(20-2)19(21-3)18-15(13)10-7-11-16(18)14-8-5-4-6-9-14/h4-12H,1-3H3. The van der Waals surface area contributed by atoms with Gasteiger partial charge in [0.2, 0.25) is 0 Å². The highest BCUT2D eigenvalue weighted by atomic mass is 16.5. The lowest BCUT2D eigenvalue weighted by molar-refractivity contribution is 0.358. The minimum atomic E-state index is 0.769. The van der Waals surface area contributed by atoms with E-state index in [2.05, 4.69) is 37.3 Å². The van der Waals surface area contributed by atoms with Crippen molar-refractivity contribution in [3.63, 3.8) is 0 Å². The molecule has 3 aromatic rings. The maximum atomic E-state index is 5.64. The summed E-state index contributed by atoms with van der Waals surface area (Å²) < 4.78 is 11.1. The molecule has 0 aromatic heterocycles. The fraction of sp³-hybridized carbons (Fsp3) is 0.158. The van der Waals surface area contributed by atoms with E-state index in [9.17, 15) is 0 Å². The normalized spacial score (nSPS) is 10.6. The highest BCUT2D eigenvalue weighted by molar-refractivity contribution is 6.04. The Morgan fingerprint density at radius 1 is 0.810 bits per heavy atom. The van der Waals surface area contributed by atoms with Gasteiger partial charge in [-0.15, -0.1) is 0 Å². The third kappa shape index (κ3) is 2.23. The first kappa shape index (κ1) is 13.5. The summed E-state index contributed by atoms with van der Waals surface area (Å²) in [6, 6.07) is 18.7. The number of fused-ring (bicyclic) bond motifs is 1. The van der Waals surface area contributed by atoms with E-state index >= 15 is 0 Å². The van der Waals surface area contributed by atoms with Crippen LogP contribution in [0.1, 0.15) is 5.56 Å². The minimum absolute atomic E-state index is 0.769. The van der Waals surface area contributed by atoms with Crippen LogP contribution in [0.15, 0.2) is 54.6 Å². The van der Waals surface area contributed by atoms with E-state index in [-0.39, 0.29) is 0 Å². The lowest BCUT2D eigenvalue weighted by Gasteiger charge is -2.16. The van der Waals surface area contributed by atoms with E-state index in [1.54, 1.807) is 14.2 Å². The van der Waals surface area contributed by atoms with Gasteiger partial charge in [-0.25, -0.2) is 0 Å². The maximum absolute atomic E-state index is 5.64. The van der Waals surface area contributed by atoms with E-state index in [0.29, 0.717) is 0 Å². The van der Waals surface area contributed by atoms with Gasteiger partial charge in [-0.2, -0.15) is 0 Å². The number of benzene rings is 3. The Balaban J connectivity index is 2.44. The second-order valence-corrected chi connectivity index (χ2v) is 5.02. The molecule has 0 fully saturated rings. The topological polar surface area (TPSA) is 18.5 Å². The Morgan fingerprint density at radius 2 is 1.57 bits per heavy atom. The van der Waals surface area contributed by atoms with Gasteiger partial charge in [0.05, 0.1) is 14.2 Å². The third-order valence-electron chi connectivity index (χ3n) is 3.80. The van der Waals surface area contributed by atoms with Gasteiger partial charge in [0, 0.05) is 5.39 Å². The van der Waals surface area contributed by atoms with Crippen LogP contribution in [0.25, 0.3) is 21.9 Å². The van der Waals surface area contributed by atoms with Gasteiger partial charge >= 0.3 is 0 Å². The molecular weight excluding hydrogens is 260 g/mol. The second-order valence-electron chi connectivity index (χ2n) is 5.02. The number of hydrogen-bond donors (Lipinski definition) is 0. The molecule has 0 spiro atoms. The van der Waals surface area contributed by atoms with Gasteiger partial charge in [-0.3, -0.25) is 0 Å². The van der Waals surface area contributed by atoms with Crippen molar-refractivity contribution >= 4 is 10.8 Å². The molecule has 0 atom stereocenters. The third-order valence-corrected chi connectivity index (χ3v) is 3.80. The zero-order valence-electron chi connectivity index (χ0n) is 12.5. The number of rotatable bonds is 3. The zero-order valence-corrected chi connectivity index (χ0v) is 12.5. The summed E-state index contributed by atoms with van der Waals surface area (Å²) in [6.45, 7) is 2.10. The summed E-state index contributed by atoms with van der Waals surface area (Å²) in [5.74, 6) is 1.56. The van der Waals surface area contributed by atoms with Crippen molar-refractivity contribution < 1.29 is 9.47 Å². The van der Waals surface area contributed by atoms with E-state index in [1.807, 2.05) is 24.3 Å². The van der Waals surface area contributed by atoms with Gasteiger partial charge in [0.15, 0.2) is 11.5 Å². The zero-order chi connectivity index (χ0) is 14.8. The lowest BCUT2D eigenvalue weighted by Crippen LogP contribution is -1.95. The quantitative estimate of drug-likeness (QED) is 0.683. The van der Waals surface area contributed by atoms with Crippen LogP contribution in [0, 0.1) is 6.92 Å². The fourth-order valence-corrected chi connectivity index (χ4v) is 2.80. The summed E-state index contributed by atoms with van der Waals surface area (Å²) in [6.07, 6.45) is 0. The molecule has 3 aromatic carbocycles. The van der Waals surface area contributed by atoms with Crippen LogP contribution >= 0.6 is 0 Å². The molecule has 0 radical (unpaired) electrons. The number of hydrogen-bond acceptors (Lipinski definition) is 2. The fourth-order valence-electron chi connectivity index (χ4n) is 2.80. The highest BCUT2D eigenvalue weighted by Gasteiger charge is 2.15. The molecule has 0 aliphatic rings. The molecule has 0 bridgehead atoms. The molecule has 0 saturated heterocycles. The van der Waals surface area contributed by atoms with Crippen molar-refractivity contribution in [2.24, 2.45) is 0 Å². The molecule has 0 N–H and O–H groups in total. The first-order valence-corrected chi connectivity index (χ1v) is 6.96. The van der Waals surface area contributed by atoms with E-state index in [4.69, 9.17) is 9.47 Å². The van der Waals surface area contributed by atoms with E-state index < -0.39 is 0 Å². The Kier molecular flexibility index (Phi) is 3.53. The van der Waals surface area contributed by atoms with Crippen LogP contribution in [0.3, 0.4) is 0 Å². The lowest BCUT2D eigenvalue weighted by atomic mass is 9.95. The van der Waals surface area contributed by atoms with Crippen LogP contribution in [-0.4, -0.2) is 14.2 Å². The van der Waals surface area contributed by atoms with Crippen molar-refractivity contribution in [3.8, 4) is 22.6 Å². The largest absolute Gasteiger partial charge is 0.493 e. The van der Waals surface area contributed by atoms with E-state index in [0.717, 1.165) is 22.4 Å². The monoisotopic (exact) mass is 278 g/mol. The average molecular weight is 278 g/mol. The van der Waals surface area contributed by atoms with Gasteiger partial charge < -0.3 is 9.47 Å². The van der Waals surface area contributed by atoms with Crippen molar-refractivity contribution in [1.29, 1.82) is 0 Å². The van der Waals surface area contributed by atoms with Gasteiger partial charge in [-0.05, 0) is 35.1 Å². The molecule has 0 saturated carbocycles. The van der Waals surface area contributed by atoms with Crippen LogP contribution in [0.4, 0.5) is 0 Å². The molecule has 21 heavy (non-hydrogen) atoms. The summed E-state index contributed by atoms with van der Waals surface area (Å²) in [4.78, 5) is 0. The van der Waals surface area contributed by atoms with Crippen molar-refractivity contribution in [2.45, 2.75) is 6.92 Å². The summed E-state index contributed by atoms with van der Waals surface area (Å²) in [5, 5.41) is 2.29. The Bertz CT molecular complexity index is 776. The molecule has 2 nitrogen and oxygen atoms in total. The molecule has 0 unspecified atom stereocenters. The van der Waals surface area contributed by atoms with Crippen molar-refractivity contribution in [1.82, 2.24) is 0 Å². The molecule has 0 amide bonds. The molecule has 0 aliphatic heterocycles.